The van der Waals surface area contributed by atoms with Crippen molar-refractivity contribution < 1.29 is 29.3 Å². The predicted octanol–water partition coefficient (Wildman–Crippen LogP) is 2.46. The van der Waals surface area contributed by atoms with Crippen LogP contribution in [0.4, 0.5) is 0 Å². The molecule has 0 saturated carbocycles. The first-order valence-corrected chi connectivity index (χ1v) is 6.08. The van der Waals surface area contributed by atoms with E-state index in [1.807, 2.05) is 6.07 Å². The van der Waals surface area contributed by atoms with Crippen LogP contribution in [0.3, 0.4) is 0 Å². The van der Waals surface area contributed by atoms with E-state index < -0.39 is 17.5 Å². The Hall–Kier alpha value is -3.46. The molecule has 0 spiro atoms. The van der Waals surface area contributed by atoms with Crippen molar-refractivity contribution in [2.45, 2.75) is 0 Å². The maximum atomic E-state index is 11.2. The molecule has 0 atom stereocenters. The summed E-state index contributed by atoms with van der Waals surface area (Å²) >= 11 is 0. The quantitative estimate of drug-likeness (QED) is 0.842. The Morgan fingerprint density at radius 1 is 0.818 bits per heavy atom. The number of hydrogen-bond donors (Lipinski definition) is 2. The summed E-state index contributed by atoms with van der Waals surface area (Å²) < 4.78 is 10.0. The Morgan fingerprint density at radius 2 is 1.50 bits per heavy atom. The van der Waals surface area contributed by atoms with Crippen LogP contribution in [0.15, 0.2) is 48.5 Å². The van der Waals surface area contributed by atoms with Gasteiger partial charge in [-0.3, -0.25) is 0 Å². The van der Waals surface area contributed by atoms with Crippen molar-refractivity contribution in [2.75, 3.05) is 0 Å². The maximum Gasteiger partial charge on any atom is 0.340 e. The molecule has 0 amide bonds. The minimum atomic E-state index is -1.42. The molecule has 0 aliphatic heterocycles. The van der Waals surface area contributed by atoms with Crippen LogP contribution >= 0.6 is 0 Å². The van der Waals surface area contributed by atoms with Crippen molar-refractivity contribution in [2.24, 2.45) is 0 Å². The molecule has 2 aromatic rings. The summed E-state index contributed by atoms with van der Waals surface area (Å²) in [6.45, 7) is 0. The fraction of sp³-hybridized carbons (Fsp3) is 0. The number of carbonyl (C=O) groups is 2. The van der Waals surface area contributed by atoms with Crippen molar-refractivity contribution in [3.05, 3.63) is 59.7 Å². The molecule has 0 aliphatic rings. The van der Waals surface area contributed by atoms with Crippen molar-refractivity contribution in [3.63, 3.8) is 0 Å². The van der Waals surface area contributed by atoms with E-state index in [2.05, 4.69) is 12.2 Å². The molecule has 0 unspecified atom stereocenters. The zero-order valence-electron chi connectivity index (χ0n) is 11.1. The Morgan fingerprint density at radius 3 is 2.14 bits per heavy atom. The molecule has 6 heteroatoms. The summed E-state index contributed by atoms with van der Waals surface area (Å²) in [7, 11) is 0. The van der Waals surface area contributed by atoms with E-state index in [0.717, 1.165) is 0 Å². The molecule has 0 bridgehead atoms. The van der Waals surface area contributed by atoms with Gasteiger partial charge in [-0.25, -0.2) is 9.59 Å². The van der Waals surface area contributed by atoms with Crippen molar-refractivity contribution >= 4 is 11.9 Å². The number of carboxylic acids is 2. The Bertz CT molecular complexity index is 755. The first-order valence-electron chi connectivity index (χ1n) is 6.08. The van der Waals surface area contributed by atoms with Gasteiger partial charge in [0.2, 0.25) is 0 Å². The van der Waals surface area contributed by atoms with E-state index in [0.29, 0.717) is 5.75 Å². The third kappa shape index (κ3) is 3.55. The molecule has 0 saturated heterocycles. The van der Waals surface area contributed by atoms with Crippen LogP contribution in [-0.2, 0) is 0 Å². The lowest BCUT2D eigenvalue weighted by Crippen LogP contribution is -2.09. The molecule has 0 heterocycles. The third-order valence-corrected chi connectivity index (χ3v) is 2.59. The van der Waals surface area contributed by atoms with E-state index in [-0.39, 0.29) is 11.3 Å². The first-order chi connectivity index (χ1) is 10.6. The van der Waals surface area contributed by atoms with Gasteiger partial charge in [-0.2, -0.15) is 0 Å². The van der Waals surface area contributed by atoms with E-state index in [9.17, 15) is 9.59 Å². The summed E-state index contributed by atoms with van der Waals surface area (Å²) in [6, 6.07) is 12.6. The van der Waals surface area contributed by atoms with Crippen LogP contribution in [0.25, 0.3) is 0 Å². The second kappa shape index (κ2) is 6.81. The van der Waals surface area contributed by atoms with Crippen LogP contribution in [0, 0.1) is 12.2 Å². The van der Waals surface area contributed by atoms with Gasteiger partial charge < -0.3 is 19.7 Å². The fourth-order valence-corrected chi connectivity index (χ4v) is 1.66. The average molecular weight is 298 g/mol. The monoisotopic (exact) mass is 298 g/mol. The van der Waals surface area contributed by atoms with Gasteiger partial charge in [0.25, 0.3) is 0 Å². The first kappa shape index (κ1) is 14.9. The average Bonchev–Trinajstić information content (AvgIpc) is 2.52. The fourth-order valence-electron chi connectivity index (χ4n) is 1.66. The van der Waals surface area contributed by atoms with E-state index >= 15 is 0 Å². The number of aromatic carboxylic acids is 2. The maximum absolute atomic E-state index is 11.2. The second-order valence-electron chi connectivity index (χ2n) is 4.01. The number of para-hydroxylation sites is 1. The lowest BCUT2D eigenvalue weighted by atomic mass is 10.1. The Balaban J connectivity index is 2.19. The normalized spacial score (nSPS) is 9.27. The van der Waals surface area contributed by atoms with Gasteiger partial charge in [-0.05, 0) is 24.3 Å². The molecule has 2 aromatic carbocycles. The van der Waals surface area contributed by atoms with Crippen molar-refractivity contribution in [1.29, 1.82) is 0 Å². The standard InChI is InChI=1S/C16H10O6/c17-15(18)12-7-4-8-13(14(12)16(19)20)22-10-9-21-11-5-2-1-3-6-11/h1-8H,(H,17,18)(H,19,20). The zero-order valence-corrected chi connectivity index (χ0v) is 11.1. The second-order valence-corrected chi connectivity index (χ2v) is 4.01. The van der Waals surface area contributed by atoms with Crippen molar-refractivity contribution in [3.8, 4) is 23.7 Å². The van der Waals surface area contributed by atoms with Gasteiger partial charge in [0.15, 0.2) is 18.0 Å². The smallest absolute Gasteiger partial charge is 0.340 e. The number of ether oxygens (including phenoxy) is 2. The molecule has 2 N–H and O–H groups in total. The highest BCUT2D eigenvalue weighted by atomic mass is 16.5. The Kier molecular flexibility index (Phi) is 4.63. The van der Waals surface area contributed by atoms with E-state index in [1.165, 1.54) is 18.2 Å². The molecule has 110 valence electrons. The Labute approximate surface area is 125 Å². The summed E-state index contributed by atoms with van der Waals surface area (Å²) in [5.41, 5.74) is -0.847. The minimum Gasteiger partial charge on any atom is -0.478 e. The number of rotatable bonds is 4. The number of hydrogen-bond acceptors (Lipinski definition) is 4. The SMILES string of the molecule is O=C(O)c1cccc(OC#COc2ccccc2)c1C(=O)O. The predicted molar refractivity (Wildman–Crippen MR) is 75.8 cm³/mol. The highest BCUT2D eigenvalue weighted by Gasteiger charge is 2.20. The molecule has 6 nitrogen and oxygen atoms in total. The molecule has 0 radical (unpaired) electrons. The number of benzene rings is 2. The third-order valence-electron chi connectivity index (χ3n) is 2.59. The van der Waals surface area contributed by atoms with Gasteiger partial charge >= 0.3 is 11.9 Å². The summed E-state index contributed by atoms with van der Waals surface area (Å²) in [6.07, 6.45) is 4.44. The van der Waals surface area contributed by atoms with Gasteiger partial charge in [0, 0.05) is 0 Å². The molecular weight excluding hydrogens is 288 g/mol. The topological polar surface area (TPSA) is 93.1 Å². The minimum absolute atomic E-state index is 0.170. The highest BCUT2D eigenvalue weighted by molar-refractivity contribution is 6.03. The highest BCUT2D eigenvalue weighted by Crippen LogP contribution is 2.22. The van der Waals surface area contributed by atoms with Crippen LogP contribution in [0.5, 0.6) is 11.5 Å². The number of carboxylic acid groups (broad SMARTS) is 2. The largest absolute Gasteiger partial charge is 0.478 e. The van der Waals surface area contributed by atoms with Crippen LogP contribution in [-0.4, -0.2) is 22.2 Å². The molecule has 0 fully saturated rings. The van der Waals surface area contributed by atoms with Crippen LogP contribution < -0.4 is 9.47 Å². The molecule has 0 aliphatic carbocycles. The van der Waals surface area contributed by atoms with Crippen molar-refractivity contribution in [1.82, 2.24) is 0 Å². The van der Waals surface area contributed by atoms with E-state index in [1.54, 1.807) is 24.3 Å². The lowest BCUT2D eigenvalue weighted by molar-refractivity contribution is 0.0649. The molecule has 0 aromatic heterocycles. The lowest BCUT2D eigenvalue weighted by Gasteiger charge is -2.05. The van der Waals surface area contributed by atoms with Gasteiger partial charge in [-0.1, -0.05) is 24.3 Å². The summed E-state index contributed by atoms with van der Waals surface area (Å²) in [5, 5.41) is 18.1. The van der Waals surface area contributed by atoms with Gasteiger partial charge in [0.05, 0.1) is 5.56 Å². The molecule has 22 heavy (non-hydrogen) atoms. The van der Waals surface area contributed by atoms with Crippen LogP contribution in [0.1, 0.15) is 20.7 Å². The van der Waals surface area contributed by atoms with E-state index in [4.69, 9.17) is 19.7 Å². The van der Waals surface area contributed by atoms with Crippen LogP contribution in [0.2, 0.25) is 0 Å². The zero-order chi connectivity index (χ0) is 15.9. The summed E-state index contributed by atoms with van der Waals surface area (Å²) in [5.74, 6) is -2.46. The van der Waals surface area contributed by atoms with Gasteiger partial charge in [0.1, 0.15) is 11.3 Å². The van der Waals surface area contributed by atoms with Gasteiger partial charge in [-0.15, -0.1) is 0 Å². The molecule has 2 rings (SSSR count). The molecular formula is C16H10O6. The summed E-state index contributed by atoms with van der Waals surface area (Å²) in [4.78, 5) is 22.2.